The van der Waals surface area contributed by atoms with Crippen molar-refractivity contribution in [2.24, 2.45) is 10.7 Å². The van der Waals surface area contributed by atoms with Gasteiger partial charge in [0.25, 0.3) is 0 Å². The highest BCUT2D eigenvalue weighted by Crippen LogP contribution is 2.27. The highest BCUT2D eigenvalue weighted by Gasteiger charge is 2.15. The maximum absolute atomic E-state index is 11.1. The Balaban J connectivity index is 3.01. The summed E-state index contributed by atoms with van der Waals surface area (Å²) in [5.41, 5.74) is 3.69. The lowest BCUT2D eigenvalue weighted by molar-refractivity contribution is 0.399. The average molecular weight is 432 g/mol. The number of anilines is 2. The molecule has 0 fully saturated rings. The zero-order valence-corrected chi connectivity index (χ0v) is 20.3. The molecule has 0 aliphatic rings. The van der Waals surface area contributed by atoms with E-state index in [1.165, 1.54) is 5.01 Å². The quantitative estimate of drug-likeness (QED) is 0.256. The monoisotopic (exact) mass is 431 g/mol. The van der Waals surface area contributed by atoms with Crippen molar-refractivity contribution in [1.29, 1.82) is 0 Å². The standard InChI is InChI=1S/C23H37N5OS/c1-9-28(15-16-30-8)19(3)12-10-11-18(2)20-13-14-21(24-17-23(4,5)6)22(25-20)27(7)26-29/h10-14,24H,3,9,15-17H2,1-2,4-8H3/b12-10-,18-11+. The predicted molar refractivity (Wildman–Crippen MR) is 134 cm³/mol. The van der Waals surface area contributed by atoms with E-state index in [9.17, 15) is 4.91 Å². The third-order valence-corrected chi connectivity index (χ3v) is 5.10. The minimum absolute atomic E-state index is 0.105. The Morgan fingerprint density at radius 2 is 2.07 bits per heavy atom. The first-order chi connectivity index (χ1) is 14.1. The minimum atomic E-state index is 0.105. The lowest BCUT2D eigenvalue weighted by Crippen LogP contribution is -2.23. The average Bonchev–Trinajstić information content (AvgIpc) is 2.71. The number of aromatic nitrogens is 1. The predicted octanol–water partition coefficient (Wildman–Crippen LogP) is 5.82. The summed E-state index contributed by atoms with van der Waals surface area (Å²) in [4.78, 5) is 18.0. The van der Waals surface area contributed by atoms with Crippen molar-refractivity contribution in [3.05, 3.63) is 53.2 Å². The molecule has 1 aromatic rings. The van der Waals surface area contributed by atoms with Gasteiger partial charge < -0.3 is 10.2 Å². The van der Waals surface area contributed by atoms with E-state index in [0.29, 0.717) is 5.82 Å². The van der Waals surface area contributed by atoms with Crippen LogP contribution in [-0.4, -0.2) is 48.6 Å². The number of nitroso groups, excluding NO2 is 1. The molecule has 0 bridgehead atoms. The van der Waals surface area contributed by atoms with E-state index in [0.717, 1.165) is 48.0 Å². The van der Waals surface area contributed by atoms with Gasteiger partial charge in [-0.05, 0) is 49.3 Å². The van der Waals surface area contributed by atoms with Gasteiger partial charge in [-0.3, -0.25) is 0 Å². The molecule has 1 aromatic heterocycles. The zero-order valence-electron chi connectivity index (χ0n) is 19.5. The Labute approximate surface area is 186 Å². The van der Waals surface area contributed by atoms with E-state index < -0.39 is 0 Å². The van der Waals surface area contributed by atoms with Crippen LogP contribution in [0.4, 0.5) is 11.5 Å². The molecule has 1 rings (SSSR count). The molecule has 0 aliphatic heterocycles. The molecule has 30 heavy (non-hydrogen) atoms. The number of hydrogen-bond acceptors (Lipinski definition) is 6. The molecule has 0 aromatic carbocycles. The van der Waals surface area contributed by atoms with Crippen LogP contribution in [0.15, 0.2) is 47.9 Å². The van der Waals surface area contributed by atoms with Gasteiger partial charge in [-0.2, -0.15) is 11.8 Å². The highest BCUT2D eigenvalue weighted by atomic mass is 32.2. The maximum Gasteiger partial charge on any atom is 0.175 e. The molecule has 1 heterocycles. The summed E-state index contributed by atoms with van der Waals surface area (Å²) in [5.74, 6) is 1.60. The zero-order chi connectivity index (χ0) is 22.7. The first-order valence-corrected chi connectivity index (χ1v) is 11.6. The van der Waals surface area contributed by atoms with Crippen LogP contribution in [0.5, 0.6) is 0 Å². The summed E-state index contributed by atoms with van der Waals surface area (Å²) < 4.78 is 0. The third-order valence-electron chi connectivity index (χ3n) is 4.51. The normalized spacial score (nSPS) is 12.2. The molecular formula is C23H37N5OS. The van der Waals surface area contributed by atoms with Crippen LogP contribution in [0.1, 0.15) is 40.3 Å². The minimum Gasteiger partial charge on any atom is -0.381 e. The van der Waals surface area contributed by atoms with Crippen molar-refractivity contribution in [2.75, 3.05) is 49.0 Å². The van der Waals surface area contributed by atoms with Crippen LogP contribution in [-0.2, 0) is 0 Å². The van der Waals surface area contributed by atoms with Crippen LogP contribution in [0, 0.1) is 10.3 Å². The molecular weight excluding hydrogens is 394 g/mol. The molecule has 6 nitrogen and oxygen atoms in total. The molecule has 166 valence electrons. The van der Waals surface area contributed by atoms with Crippen LogP contribution >= 0.6 is 11.8 Å². The Morgan fingerprint density at radius 1 is 1.37 bits per heavy atom. The Bertz CT molecular complexity index is 767. The summed E-state index contributed by atoms with van der Waals surface area (Å²) in [6.07, 6.45) is 8.14. The Morgan fingerprint density at radius 3 is 2.63 bits per heavy atom. The van der Waals surface area contributed by atoms with E-state index >= 15 is 0 Å². The van der Waals surface area contributed by atoms with Gasteiger partial charge in [0.15, 0.2) is 5.82 Å². The second-order valence-corrected chi connectivity index (χ2v) is 9.35. The maximum atomic E-state index is 11.1. The summed E-state index contributed by atoms with van der Waals surface area (Å²) in [7, 11) is 1.61. The van der Waals surface area contributed by atoms with E-state index in [2.05, 4.69) is 61.0 Å². The molecule has 0 saturated carbocycles. The molecule has 0 spiro atoms. The highest BCUT2D eigenvalue weighted by molar-refractivity contribution is 7.98. The van der Waals surface area contributed by atoms with E-state index in [1.54, 1.807) is 7.05 Å². The molecule has 0 unspecified atom stereocenters. The lowest BCUT2D eigenvalue weighted by atomic mass is 9.97. The van der Waals surface area contributed by atoms with Crippen LogP contribution < -0.4 is 10.3 Å². The van der Waals surface area contributed by atoms with E-state index in [4.69, 9.17) is 0 Å². The van der Waals surface area contributed by atoms with E-state index in [1.807, 2.05) is 49.0 Å². The molecule has 7 heteroatoms. The van der Waals surface area contributed by atoms with Gasteiger partial charge >= 0.3 is 0 Å². The summed E-state index contributed by atoms with van der Waals surface area (Å²) in [5, 5.41) is 7.66. The van der Waals surface area contributed by atoms with Crippen molar-refractivity contribution in [1.82, 2.24) is 9.88 Å². The largest absolute Gasteiger partial charge is 0.381 e. The fourth-order valence-corrected chi connectivity index (χ4v) is 3.06. The van der Waals surface area contributed by atoms with Crippen molar-refractivity contribution < 1.29 is 0 Å². The molecule has 0 amide bonds. The van der Waals surface area contributed by atoms with E-state index in [-0.39, 0.29) is 5.41 Å². The molecule has 0 radical (unpaired) electrons. The Hall–Kier alpha value is -2.28. The van der Waals surface area contributed by atoms with Crippen molar-refractivity contribution in [2.45, 2.75) is 34.6 Å². The summed E-state index contributed by atoms with van der Waals surface area (Å²) >= 11 is 1.83. The molecule has 0 aliphatic carbocycles. The number of hydrogen-bond donors (Lipinski definition) is 1. The van der Waals surface area contributed by atoms with Gasteiger partial charge in [0.05, 0.1) is 16.7 Å². The number of likely N-dealkylation sites (N-methyl/N-ethyl adjacent to an activating group) is 1. The van der Waals surface area contributed by atoms with Crippen molar-refractivity contribution in [3.63, 3.8) is 0 Å². The van der Waals surface area contributed by atoms with Crippen LogP contribution in [0.2, 0.25) is 0 Å². The topological polar surface area (TPSA) is 60.8 Å². The van der Waals surface area contributed by atoms with Gasteiger partial charge in [-0.15, -0.1) is 4.91 Å². The fourth-order valence-electron chi connectivity index (χ4n) is 2.65. The Kier molecular flexibility index (Phi) is 10.7. The first kappa shape index (κ1) is 25.8. The smallest absolute Gasteiger partial charge is 0.175 e. The molecule has 0 atom stereocenters. The van der Waals surface area contributed by atoms with Gasteiger partial charge in [0.1, 0.15) is 0 Å². The summed E-state index contributed by atoms with van der Waals surface area (Å²) in [6, 6.07) is 3.91. The second kappa shape index (κ2) is 12.4. The van der Waals surface area contributed by atoms with Gasteiger partial charge in [-0.25, -0.2) is 9.99 Å². The van der Waals surface area contributed by atoms with Gasteiger partial charge in [0, 0.05) is 38.1 Å². The number of pyridine rings is 1. The number of thioether (sulfide) groups is 1. The number of rotatable bonds is 12. The summed E-state index contributed by atoms with van der Waals surface area (Å²) in [6.45, 7) is 17.4. The molecule has 0 saturated heterocycles. The number of allylic oxidation sites excluding steroid dienone is 4. The lowest BCUT2D eigenvalue weighted by Gasteiger charge is -2.22. The fraction of sp³-hybridized carbons (Fsp3) is 0.522. The number of nitrogens with one attached hydrogen (secondary N) is 1. The van der Waals surface area contributed by atoms with Crippen LogP contribution in [0.3, 0.4) is 0 Å². The van der Waals surface area contributed by atoms with Crippen molar-refractivity contribution in [3.8, 4) is 0 Å². The van der Waals surface area contributed by atoms with Crippen molar-refractivity contribution >= 4 is 28.8 Å². The van der Waals surface area contributed by atoms with Gasteiger partial charge in [-0.1, -0.05) is 39.5 Å². The molecule has 1 N–H and O–H groups in total. The third kappa shape index (κ3) is 8.61. The van der Waals surface area contributed by atoms with Crippen LogP contribution in [0.25, 0.3) is 5.57 Å². The number of nitrogens with zero attached hydrogens (tertiary/aromatic N) is 4. The first-order valence-electron chi connectivity index (χ1n) is 10.2. The van der Waals surface area contributed by atoms with Gasteiger partial charge in [0.2, 0.25) is 0 Å². The SMILES string of the molecule is C=C(/C=C\C=C(/C)c1ccc(NCC(C)(C)C)c(N(C)N=O)n1)N(CC)CCSC. The second-order valence-electron chi connectivity index (χ2n) is 8.36.